The van der Waals surface area contributed by atoms with E-state index in [1.807, 2.05) is 0 Å². The molecule has 0 aromatic carbocycles. The fourth-order valence-electron chi connectivity index (χ4n) is 2.68. The van der Waals surface area contributed by atoms with Crippen LogP contribution in [0.15, 0.2) is 17.3 Å². The minimum atomic E-state index is -3.44. The van der Waals surface area contributed by atoms with Crippen molar-refractivity contribution in [2.75, 3.05) is 13.1 Å². The lowest BCUT2D eigenvalue weighted by atomic mass is 9.99. The van der Waals surface area contributed by atoms with Gasteiger partial charge in [-0.25, -0.2) is 13.1 Å². The molecule has 7 heteroatoms. The van der Waals surface area contributed by atoms with Crippen LogP contribution in [0, 0.1) is 11.8 Å². The second kappa shape index (κ2) is 6.69. The van der Waals surface area contributed by atoms with Gasteiger partial charge in [-0.3, -0.25) is 4.68 Å². The number of hydrogen-bond acceptors (Lipinski definition) is 4. The minimum Gasteiger partial charge on any atom is -0.330 e. The van der Waals surface area contributed by atoms with E-state index in [4.69, 9.17) is 5.73 Å². The lowest BCUT2D eigenvalue weighted by Gasteiger charge is -2.15. The Kier molecular flexibility index (Phi) is 5.17. The zero-order valence-electron chi connectivity index (χ0n) is 12.0. The molecule has 2 rings (SSSR count). The molecule has 1 aromatic heterocycles. The summed E-state index contributed by atoms with van der Waals surface area (Å²) in [5.41, 5.74) is 5.43. The molecule has 0 amide bonds. The number of hydrogen-bond donors (Lipinski definition) is 2. The fourth-order valence-corrected chi connectivity index (χ4v) is 3.73. The Bertz CT molecular complexity index is 526. The van der Waals surface area contributed by atoms with Crippen LogP contribution >= 0.6 is 0 Å². The maximum atomic E-state index is 12.2. The predicted octanol–water partition coefficient (Wildman–Crippen LogP) is 0.946. The summed E-state index contributed by atoms with van der Waals surface area (Å²) in [7, 11) is -3.44. The zero-order valence-corrected chi connectivity index (χ0v) is 12.8. The Morgan fingerprint density at radius 3 is 2.95 bits per heavy atom. The molecule has 1 heterocycles. The van der Waals surface area contributed by atoms with Crippen LogP contribution in [0.4, 0.5) is 0 Å². The maximum Gasteiger partial charge on any atom is 0.243 e. The third-order valence-corrected chi connectivity index (χ3v) is 5.46. The van der Waals surface area contributed by atoms with E-state index >= 15 is 0 Å². The van der Waals surface area contributed by atoms with Gasteiger partial charge < -0.3 is 5.73 Å². The molecule has 0 aliphatic heterocycles. The predicted molar refractivity (Wildman–Crippen MR) is 77.6 cm³/mol. The Morgan fingerprint density at radius 1 is 1.50 bits per heavy atom. The molecule has 0 bridgehead atoms. The first-order valence-electron chi connectivity index (χ1n) is 7.25. The van der Waals surface area contributed by atoms with Crippen molar-refractivity contribution >= 4 is 10.0 Å². The number of aromatic nitrogens is 2. The molecule has 1 aliphatic carbocycles. The molecule has 0 spiro atoms. The molecule has 2 atom stereocenters. The van der Waals surface area contributed by atoms with Gasteiger partial charge in [-0.1, -0.05) is 19.8 Å². The van der Waals surface area contributed by atoms with Crippen LogP contribution in [-0.4, -0.2) is 31.3 Å². The molecule has 1 aliphatic rings. The summed E-state index contributed by atoms with van der Waals surface area (Å²) in [5, 5.41) is 4.06. The number of aryl methyl sites for hydroxylation is 1. The Balaban J connectivity index is 1.93. The van der Waals surface area contributed by atoms with Crippen LogP contribution < -0.4 is 10.5 Å². The second-order valence-corrected chi connectivity index (χ2v) is 7.37. The quantitative estimate of drug-likeness (QED) is 0.784. The highest BCUT2D eigenvalue weighted by Crippen LogP contribution is 2.30. The van der Waals surface area contributed by atoms with Gasteiger partial charge in [0, 0.05) is 19.3 Å². The van der Waals surface area contributed by atoms with E-state index in [0.717, 1.165) is 12.8 Å². The smallest absolute Gasteiger partial charge is 0.243 e. The molecule has 1 fully saturated rings. The van der Waals surface area contributed by atoms with Gasteiger partial charge in [0.2, 0.25) is 10.0 Å². The SMILES string of the molecule is CC1CCCC1CNS(=O)(=O)c1cnn(CCCN)c1. The summed E-state index contributed by atoms with van der Waals surface area (Å²) in [5.74, 6) is 1.06. The molecule has 114 valence electrons. The largest absolute Gasteiger partial charge is 0.330 e. The van der Waals surface area contributed by atoms with Crippen LogP contribution in [0.1, 0.15) is 32.6 Å². The van der Waals surface area contributed by atoms with Gasteiger partial charge in [0.25, 0.3) is 0 Å². The van der Waals surface area contributed by atoms with Crippen molar-refractivity contribution in [3.63, 3.8) is 0 Å². The number of nitrogens with one attached hydrogen (secondary N) is 1. The summed E-state index contributed by atoms with van der Waals surface area (Å²) in [6.45, 7) is 3.93. The number of sulfonamides is 1. The first-order valence-corrected chi connectivity index (χ1v) is 8.73. The van der Waals surface area contributed by atoms with Gasteiger partial charge in [-0.05, 0) is 31.2 Å². The van der Waals surface area contributed by atoms with E-state index in [0.29, 0.717) is 31.5 Å². The van der Waals surface area contributed by atoms with E-state index in [1.165, 1.54) is 19.0 Å². The Hall–Kier alpha value is -0.920. The maximum absolute atomic E-state index is 12.2. The van der Waals surface area contributed by atoms with Crippen LogP contribution in [0.3, 0.4) is 0 Å². The summed E-state index contributed by atoms with van der Waals surface area (Å²) in [4.78, 5) is 0.236. The van der Waals surface area contributed by atoms with Crippen LogP contribution in [0.25, 0.3) is 0 Å². The van der Waals surface area contributed by atoms with Crippen molar-refractivity contribution in [2.24, 2.45) is 17.6 Å². The summed E-state index contributed by atoms with van der Waals surface area (Å²) < 4.78 is 28.7. The number of rotatable bonds is 7. The molecule has 3 N–H and O–H groups in total. The monoisotopic (exact) mass is 300 g/mol. The van der Waals surface area contributed by atoms with E-state index < -0.39 is 10.0 Å². The molecule has 1 aromatic rings. The lowest BCUT2D eigenvalue weighted by Crippen LogP contribution is -2.30. The minimum absolute atomic E-state index is 0.236. The lowest BCUT2D eigenvalue weighted by molar-refractivity contribution is 0.414. The summed E-state index contributed by atoms with van der Waals surface area (Å²) in [6.07, 6.45) is 7.26. The zero-order chi connectivity index (χ0) is 14.6. The Labute approximate surface area is 120 Å². The van der Waals surface area contributed by atoms with Crippen molar-refractivity contribution in [1.82, 2.24) is 14.5 Å². The van der Waals surface area contributed by atoms with Crippen molar-refractivity contribution in [1.29, 1.82) is 0 Å². The average molecular weight is 300 g/mol. The third kappa shape index (κ3) is 3.80. The molecule has 1 saturated carbocycles. The van der Waals surface area contributed by atoms with E-state index in [1.54, 1.807) is 10.9 Å². The van der Waals surface area contributed by atoms with Gasteiger partial charge in [0.15, 0.2) is 0 Å². The molecule has 0 radical (unpaired) electrons. The van der Waals surface area contributed by atoms with Gasteiger partial charge >= 0.3 is 0 Å². The molecular weight excluding hydrogens is 276 g/mol. The van der Waals surface area contributed by atoms with E-state index in [-0.39, 0.29) is 4.90 Å². The number of nitrogens with two attached hydrogens (primary N) is 1. The first-order chi connectivity index (χ1) is 9.53. The third-order valence-electron chi connectivity index (χ3n) is 4.09. The molecule has 2 unspecified atom stereocenters. The second-order valence-electron chi connectivity index (χ2n) is 5.60. The van der Waals surface area contributed by atoms with Crippen LogP contribution in [0.2, 0.25) is 0 Å². The fraction of sp³-hybridized carbons (Fsp3) is 0.769. The molecule has 0 saturated heterocycles. The van der Waals surface area contributed by atoms with Crippen molar-refractivity contribution in [3.05, 3.63) is 12.4 Å². The average Bonchev–Trinajstić information content (AvgIpc) is 3.03. The van der Waals surface area contributed by atoms with Gasteiger partial charge in [-0.15, -0.1) is 0 Å². The number of nitrogens with zero attached hydrogens (tertiary/aromatic N) is 2. The van der Waals surface area contributed by atoms with Crippen LogP contribution in [0.5, 0.6) is 0 Å². The molecule has 6 nitrogen and oxygen atoms in total. The normalized spacial score (nSPS) is 23.3. The van der Waals surface area contributed by atoms with E-state index in [9.17, 15) is 8.42 Å². The van der Waals surface area contributed by atoms with Crippen molar-refractivity contribution in [3.8, 4) is 0 Å². The molecule has 20 heavy (non-hydrogen) atoms. The first kappa shape index (κ1) is 15.5. The highest BCUT2D eigenvalue weighted by atomic mass is 32.2. The highest BCUT2D eigenvalue weighted by molar-refractivity contribution is 7.89. The van der Waals surface area contributed by atoms with Crippen molar-refractivity contribution in [2.45, 2.75) is 44.0 Å². The van der Waals surface area contributed by atoms with Gasteiger partial charge in [0.05, 0.1) is 6.20 Å². The summed E-state index contributed by atoms with van der Waals surface area (Å²) >= 11 is 0. The van der Waals surface area contributed by atoms with Gasteiger partial charge in [-0.2, -0.15) is 5.10 Å². The topological polar surface area (TPSA) is 90.0 Å². The highest BCUT2D eigenvalue weighted by Gasteiger charge is 2.25. The van der Waals surface area contributed by atoms with Gasteiger partial charge in [0.1, 0.15) is 4.90 Å². The van der Waals surface area contributed by atoms with Crippen LogP contribution in [-0.2, 0) is 16.6 Å². The standard InChI is InChI=1S/C13H24N4O2S/c1-11-4-2-5-12(11)8-16-20(18,19)13-9-15-17(10-13)7-3-6-14/h9-12,16H,2-8,14H2,1H3. The summed E-state index contributed by atoms with van der Waals surface area (Å²) in [6, 6.07) is 0. The Morgan fingerprint density at radius 2 is 2.30 bits per heavy atom. The molecular formula is C13H24N4O2S. The van der Waals surface area contributed by atoms with Crippen molar-refractivity contribution < 1.29 is 8.42 Å². The van der Waals surface area contributed by atoms with E-state index in [2.05, 4.69) is 16.7 Å².